The van der Waals surface area contributed by atoms with E-state index in [-0.39, 0.29) is 0 Å². The van der Waals surface area contributed by atoms with Crippen LogP contribution < -0.4 is 0 Å². The molecule has 5 unspecified atom stereocenters. The Hall–Kier alpha value is 0. The molecular weight excluding hydrogens is 264 g/mol. The summed E-state index contributed by atoms with van der Waals surface area (Å²) in [5, 5.41) is 0. The summed E-state index contributed by atoms with van der Waals surface area (Å²) in [5.41, 5.74) is 0. The lowest BCUT2D eigenvalue weighted by Gasteiger charge is -2.23. The van der Waals surface area contributed by atoms with Gasteiger partial charge in [0, 0.05) is 0 Å². The molecule has 0 saturated carbocycles. The summed E-state index contributed by atoms with van der Waals surface area (Å²) in [6.45, 7) is 19.2. The van der Waals surface area contributed by atoms with E-state index >= 15 is 0 Å². The van der Waals surface area contributed by atoms with E-state index in [1.54, 1.807) is 0 Å². The molecule has 0 rings (SSSR count). The van der Waals surface area contributed by atoms with Crippen molar-refractivity contribution in [2.75, 3.05) is 0 Å². The lowest BCUT2D eigenvalue weighted by molar-refractivity contribution is 0.279. The van der Waals surface area contributed by atoms with Crippen LogP contribution in [0.25, 0.3) is 0 Å². The molecule has 0 aliphatic rings. The van der Waals surface area contributed by atoms with Gasteiger partial charge in [-0.15, -0.1) is 0 Å². The zero-order valence-corrected chi connectivity index (χ0v) is 17.1. The summed E-state index contributed by atoms with van der Waals surface area (Å²) < 4.78 is 0. The van der Waals surface area contributed by atoms with Crippen molar-refractivity contribution in [2.24, 2.45) is 35.5 Å². The van der Waals surface area contributed by atoms with Crippen LogP contribution in [0.2, 0.25) is 0 Å². The Balaban J connectivity index is 3.83. The molecule has 0 heterocycles. The van der Waals surface area contributed by atoms with Gasteiger partial charge in [-0.1, -0.05) is 93.9 Å². The summed E-state index contributed by atoms with van der Waals surface area (Å²) in [7, 11) is 0. The van der Waals surface area contributed by atoms with Gasteiger partial charge < -0.3 is 0 Å². The fraction of sp³-hybridized carbons (Fsp3) is 1.00. The van der Waals surface area contributed by atoms with Crippen molar-refractivity contribution in [1.82, 2.24) is 0 Å². The van der Waals surface area contributed by atoms with Gasteiger partial charge in [-0.2, -0.15) is 0 Å². The fourth-order valence-electron chi connectivity index (χ4n) is 3.93. The molecule has 0 bridgehead atoms. The normalized spacial score (nSPS) is 19.0. The summed E-state index contributed by atoms with van der Waals surface area (Å²) in [5.74, 6) is 5.41. The summed E-state index contributed by atoms with van der Waals surface area (Å²) in [6.07, 6.45) is 11.3. The van der Waals surface area contributed by atoms with Crippen LogP contribution in [0.3, 0.4) is 0 Å². The Morgan fingerprint density at radius 1 is 0.591 bits per heavy atom. The molecule has 22 heavy (non-hydrogen) atoms. The van der Waals surface area contributed by atoms with Crippen LogP contribution in [0.15, 0.2) is 0 Å². The first-order chi connectivity index (χ1) is 10.3. The smallest absolute Gasteiger partial charge is 0.0391 e. The molecular formula is C22H46. The molecule has 0 fully saturated rings. The average molecular weight is 311 g/mol. The maximum absolute atomic E-state index is 2.47. The highest BCUT2D eigenvalue weighted by Gasteiger charge is 2.16. The fourth-order valence-corrected chi connectivity index (χ4v) is 3.93. The molecule has 0 aromatic carbocycles. The van der Waals surface area contributed by atoms with Gasteiger partial charge in [-0.05, 0) is 48.3 Å². The SMILES string of the molecule is CCC(C)C(CC)CCCCC(C)CC(C)CC(C)C(C)C. The van der Waals surface area contributed by atoms with Crippen LogP contribution in [0.1, 0.15) is 107 Å². The molecule has 134 valence electrons. The van der Waals surface area contributed by atoms with Gasteiger partial charge in [-0.3, -0.25) is 0 Å². The highest BCUT2D eigenvalue weighted by molar-refractivity contribution is 4.67. The standard InChI is InChI=1S/C22H46/c1-9-20(7)22(10-2)14-12-11-13-18(5)15-19(6)16-21(8)17(3)4/h17-22H,9-16H2,1-8H3. The highest BCUT2D eigenvalue weighted by Crippen LogP contribution is 2.28. The molecule has 0 aromatic heterocycles. The van der Waals surface area contributed by atoms with E-state index in [1.807, 2.05) is 0 Å². The quantitative estimate of drug-likeness (QED) is 0.303. The van der Waals surface area contributed by atoms with E-state index in [0.29, 0.717) is 0 Å². The molecule has 0 aliphatic carbocycles. The Labute approximate surface area is 142 Å². The second-order valence-corrected chi connectivity index (χ2v) is 8.74. The Bertz CT molecular complexity index is 242. The lowest BCUT2D eigenvalue weighted by Crippen LogP contribution is -2.12. The van der Waals surface area contributed by atoms with Gasteiger partial charge in [0.2, 0.25) is 0 Å². The maximum atomic E-state index is 2.47. The second kappa shape index (κ2) is 12.4. The topological polar surface area (TPSA) is 0 Å². The molecule has 5 atom stereocenters. The van der Waals surface area contributed by atoms with Crippen LogP contribution in [0.5, 0.6) is 0 Å². The summed E-state index contributed by atoms with van der Waals surface area (Å²) >= 11 is 0. The predicted octanol–water partition coefficient (Wildman–Crippen LogP) is 7.96. The molecule has 0 amide bonds. The third kappa shape index (κ3) is 9.90. The van der Waals surface area contributed by atoms with Gasteiger partial charge in [0.1, 0.15) is 0 Å². The Morgan fingerprint density at radius 3 is 1.68 bits per heavy atom. The average Bonchev–Trinajstić information content (AvgIpc) is 2.46. The van der Waals surface area contributed by atoms with E-state index in [0.717, 1.165) is 35.5 Å². The number of hydrogen-bond acceptors (Lipinski definition) is 0. The first-order valence-electron chi connectivity index (χ1n) is 10.3. The molecule has 0 aromatic rings. The maximum Gasteiger partial charge on any atom is -0.0391 e. The molecule has 0 radical (unpaired) electrons. The van der Waals surface area contributed by atoms with Crippen LogP contribution >= 0.6 is 0 Å². The Kier molecular flexibility index (Phi) is 12.4. The summed E-state index contributed by atoms with van der Waals surface area (Å²) in [4.78, 5) is 0. The third-order valence-corrected chi connectivity index (χ3v) is 6.21. The lowest BCUT2D eigenvalue weighted by atomic mass is 9.82. The highest BCUT2D eigenvalue weighted by atomic mass is 14.2. The predicted molar refractivity (Wildman–Crippen MR) is 103 cm³/mol. The van der Waals surface area contributed by atoms with Crippen molar-refractivity contribution in [2.45, 2.75) is 107 Å². The minimum absolute atomic E-state index is 0.837. The van der Waals surface area contributed by atoms with Gasteiger partial charge in [0.25, 0.3) is 0 Å². The zero-order valence-electron chi connectivity index (χ0n) is 17.1. The second-order valence-electron chi connectivity index (χ2n) is 8.74. The molecule has 0 heteroatoms. The molecule has 0 nitrogen and oxygen atoms in total. The van der Waals surface area contributed by atoms with Gasteiger partial charge in [-0.25, -0.2) is 0 Å². The van der Waals surface area contributed by atoms with Gasteiger partial charge in [0.05, 0.1) is 0 Å². The van der Waals surface area contributed by atoms with E-state index in [9.17, 15) is 0 Å². The summed E-state index contributed by atoms with van der Waals surface area (Å²) in [6, 6.07) is 0. The van der Waals surface area contributed by atoms with Crippen molar-refractivity contribution in [3.63, 3.8) is 0 Å². The minimum Gasteiger partial charge on any atom is -0.0651 e. The zero-order chi connectivity index (χ0) is 17.1. The third-order valence-electron chi connectivity index (χ3n) is 6.21. The monoisotopic (exact) mass is 310 g/mol. The number of hydrogen-bond donors (Lipinski definition) is 0. The Morgan fingerprint density at radius 2 is 1.18 bits per heavy atom. The number of rotatable bonds is 13. The van der Waals surface area contributed by atoms with Gasteiger partial charge >= 0.3 is 0 Å². The van der Waals surface area contributed by atoms with E-state index in [2.05, 4.69) is 55.4 Å². The van der Waals surface area contributed by atoms with Crippen molar-refractivity contribution in [3.05, 3.63) is 0 Å². The first kappa shape index (κ1) is 22.0. The molecule has 0 saturated heterocycles. The van der Waals surface area contributed by atoms with Crippen LogP contribution in [-0.4, -0.2) is 0 Å². The first-order valence-corrected chi connectivity index (χ1v) is 10.3. The number of unbranched alkanes of at least 4 members (excludes halogenated alkanes) is 1. The molecule has 0 aliphatic heterocycles. The van der Waals surface area contributed by atoms with E-state index in [1.165, 1.54) is 51.4 Å². The largest absolute Gasteiger partial charge is 0.0651 e. The van der Waals surface area contributed by atoms with E-state index < -0.39 is 0 Å². The van der Waals surface area contributed by atoms with Crippen LogP contribution in [0, 0.1) is 35.5 Å². The van der Waals surface area contributed by atoms with E-state index in [4.69, 9.17) is 0 Å². The minimum atomic E-state index is 0.837. The van der Waals surface area contributed by atoms with Crippen LogP contribution in [-0.2, 0) is 0 Å². The molecule has 0 spiro atoms. The van der Waals surface area contributed by atoms with Gasteiger partial charge in [0.15, 0.2) is 0 Å². The van der Waals surface area contributed by atoms with Crippen molar-refractivity contribution in [1.29, 1.82) is 0 Å². The van der Waals surface area contributed by atoms with Crippen LogP contribution in [0.4, 0.5) is 0 Å². The van der Waals surface area contributed by atoms with Crippen molar-refractivity contribution < 1.29 is 0 Å². The molecule has 0 N–H and O–H groups in total. The van der Waals surface area contributed by atoms with Crippen molar-refractivity contribution >= 4 is 0 Å². The van der Waals surface area contributed by atoms with Crippen molar-refractivity contribution in [3.8, 4) is 0 Å².